The number of thiophene rings is 1. The molecule has 5 amide bonds. The molecule has 1 aromatic heterocycles. The van der Waals surface area contributed by atoms with E-state index in [1.165, 1.54) is 22.3 Å². The number of fused-ring (bicyclic) bond motifs is 1. The molecule has 1 unspecified atom stereocenters. The van der Waals surface area contributed by atoms with E-state index in [0.29, 0.717) is 13.0 Å². The highest BCUT2D eigenvalue weighted by Crippen LogP contribution is 2.65. The van der Waals surface area contributed by atoms with Crippen LogP contribution in [0, 0.1) is 28.1 Å². The zero-order valence-electron chi connectivity index (χ0n) is 29.2. The fraction of sp³-hybridized carbons (Fsp3) is 0.719. The number of ketones is 1. The zero-order valence-corrected chi connectivity index (χ0v) is 30.8. The first kappa shape index (κ1) is 38.4. The lowest BCUT2D eigenvalue weighted by molar-refractivity contribution is -0.145. The van der Waals surface area contributed by atoms with Gasteiger partial charge in [0.25, 0.3) is 15.9 Å². The Kier molecular flexibility index (Phi) is 11.3. The minimum Gasteiger partial charge on any atom is -0.363 e. The second-order valence-electron chi connectivity index (χ2n) is 15.7. The number of primary amides is 1. The summed E-state index contributed by atoms with van der Waals surface area (Å²) in [6, 6.07) is -1.09. The minimum absolute atomic E-state index is 0.00842. The summed E-state index contributed by atoms with van der Waals surface area (Å²) in [7, 11) is -2.29. The Morgan fingerprint density at radius 2 is 1.70 bits per heavy atom. The van der Waals surface area contributed by atoms with E-state index in [1.807, 2.05) is 34.6 Å². The number of hydrogen-bond donors (Lipinski definition) is 4. The maximum atomic E-state index is 14.2. The van der Waals surface area contributed by atoms with Crippen molar-refractivity contribution in [3.63, 3.8) is 0 Å². The number of carbonyl (C=O) groups excluding carboxylic acids is 5. The number of nitrogens with zero attached hydrogens (tertiary/aromatic N) is 2. The van der Waals surface area contributed by atoms with Crippen molar-refractivity contribution in [2.24, 2.45) is 33.8 Å². The van der Waals surface area contributed by atoms with E-state index in [2.05, 4.69) is 16.0 Å². The summed E-state index contributed by atoms with van der Waals surface area (Å²) in [5.74, 6) is -3.18. The molecule has 2 fully saturated rings. The molecular weight excluding hydrogens is 645 g/mol. The first-order valence-corrected chi connectivity index (χ1v) is 18.3. The molecule has 13 nitrogen and oxygen atoms in total. The van der Waals surface area contributed by atoms with Gasteiger partial charge in [0.05, 0.1) is 6.04 Å². The van der Waals surface area contributed by atoms with E-state index in [4.69, 9.17) is 5.73 Å². The van der Waals surface area contributed by atoms with Crippen LogP contribution in [0.1, 0.15) is 75.2 Å². The highest BCUT2D eigenvalue weighted by Gasteiger charge is 2.69. The van der Waals surface area contributed by atoms with Gasteiger partial charge in [0.1, 0.15) is 16.3 Å². The number of likely N-dealkylation sites (tertiary alicyclic amines) is 1. The molecular formula is C32H52N6O7S2. The average molecular weight is 697 g/mol. The number of hydrogen-bond acceptors (Lipinski definition) is 8. The van der Waals surface area contributed by atoms with Gasteiger partial charge in [-0.2, -0.15) is 4.31 Å². The molecule has 0 bridgehead atoms. The molecule has 0 spiro atoms. The molecule has 15 heteroatoms. The Balaban J connectivity index is 1.82. The van der Waals surface area contributed by atoms with E-state index in [9.17, 15) is 32.4 Å². The monoisotopic (exact) mass is 696 g/mol. The summed E-state index contributed by atoms with van der Waals surface area (Å²) in [5.41, 5.74) is 3.93. The topological polar surface area (TPSA) is 188 Å². The van der Waals surface area contributed by atoms with Crippen LogP contribution in [0.3, 0.4) is 0 Å². The largest absolute Gasteiger partial charge is 0.363 e. The maximum absolute atomic E-state index is 14.2. The van der Waals surface area contributed by atoms with Crippen LogP contribution in [0.15, 0.2) is 21.7 Å². The lowest BCUT2D eigenvalue weighted by Gasteiger charge is -2.38. The van der Waals surface area contributed by atoms with Gasteiger partial charge in [-0.1, -0.05) is 68.4 Å². The van der Waals surface area contributed by atoms with E-state index < -0.39 is 69.1 Å². The molecule has 0 radical (unpaired) electrons. The molecule has 1 aliphatic carbocycles. The Morgan fingerprint density at radius 3 is 2.19 bits per heavy atom. The van der Waals surface area contributed by atoms with Gasteiger partial charge in [0.15, 0.2) is 0 Å². The van der Waals surface area contributed by atoms with Crippen molar-refractivity contribution in [3.8, 4) is 0 Å². The smallest absolute Gasteiger partial charge is 0.315 e. The molecule has 1 aromatic rings. The molecule has 1 saturated heterocycles. The highest BCUT2D eigenvalue weighted by atomic mass is 32.2. The van der Waals surface area contributed by atoms with Crippen molar-refractivity contribution in [2.75, 3.05) is 20.1 Å². The molecule has 0 aromatic carbocycles. The van der Waals surface area contributed by atoms with Crippen LogP contribution < -0.4 is 21.7 Å². The summed E-state index contributed by atoms with van der Waals surface area (Å²) in [5, 5.41) is 10.1. The Hall–Kier alpha value is -3.04. The van der Waals surface area contributed by atoms with Crippen molar-refractivity contribution in [1.29, 1.82) is 0 Å². The lowest BCUT2D eigenvalue weighted by Crippen LogP contribution is -2.62. The second kappa shape index (κ2) is 13.8. The van der Waals surface area contributed by atoms with Gasteiger partial charge in [-0.25, -0.2) is 13.2 Å². The number of Topliss-reactive ketones (excluding diaryl/α,β-unsaturated/α-hetero) is 1. The Bertz CT molecular complexity index is 1460. The third kappa shape index (κ3) is 8.71. The zero-order chi connectivity index (χ0) is 35.9. The predicted molar refractivity (Wildman–Crippen MR) is 180 cm³/mol. The number of amides is 5. The van der Waals surface area contributed by atoms with Crippen LogP contribution in [0.5, 0.6) is 0 Å². The van der Waals surface area contributed by atoms with Crippen molar-refractivity contribution in [2.45, 2.75) is 104 Å². The summed E-state index contributed by atoms with van der Waals surface area (Å²) < 4.78 is 27.7. The summed E-state index contributed by atoms with van der Waals surface area (Å²) in [6.45, 7) is 17.4. The van der Waals surface area contributed by atoms with Gasteiger partial charge in [0.2, 0.25) is 17.6 Å². The van der Waals surface area contributed by atoms with E-state index in [-0.39, 0.29) is 39.8 Å². The normalized spacial score (nSPS) is 22.5. The third-order valence-corrected chi connectivity index (χ3v) is 12.5. The first-order valence-electron chi connectivity index (χ1n) is 15.9. The van der Waals surface area contributed by atoms with E-state index in [0.717, 1.165) is 11.3 Å². The number of likely N-dealkylation sites (N-methyl/N-ethyl adjacent to an activating group) is 1. The number of urea groups is 1. The standard InChI is InChI=1S/C32H52N6O7S2/c1-11-20(24(39)26(33)40)35-27(41)23-22-19(32(22,8)9)17-38(23)28(42)25(31(5,6)7)36-29(43)34-18(15-30(2,3)4)16-37(10)47(44,45)21-13-12-14-46-21/h12-14,18-20,22-23,25H,11,15-17H2,1-10H3,(H2,33,40)(H,35,41)(H2,34,36,43)/t18-,19-,20?,22-,23-,25+/m0/s1. The number of nitrogens with two attached hydrogens (primary N) is 1. The van der Waals surface area contributed by atoms with Gasteiger partial charge in [-0.05, 0) is 52.4 Å². The molecule has 6 atom stereocenters. The van der Waals surface area contributed by atoms with Crippen LogP contribution in [0.4, 0.5) is 4.79 Å². The van der Waals surface area contributed by atoms with E-state index in [1.54, 1.807) is 39.1 Å². The SMILES string of the molecule is CCC(NC(=O)[C@@H]1[C@@H]2[C@H](CN1C(=O)[C@@H](NC(=O)N[C@H](CN(C)S(=O)(=O)c1cccs1)CC(C)(C)C)C(C)(C)C)C2(C)C)C(=O)C(N)=O. The molecule has 5 N–H and O–H groups in total. The van der Waals surface area contributed by atoms with Gasteiger partial charge in [-0.3, -0.25) is 19.2 Å². The van der Waals surface area contributed by atoms with Crippen LogP contribution in [-0.4, -0.2) is 91.5 Å². The average Bonchev–Trinajstić information content (AvgIpc) is 3.40. The first-order chi connectivity index (χ1) is 21.4. The summed E-state index contributed by atoms with van der Waals surface area (Å²) in [4.78, 5) is 66.8. The number of rotatable bonds is 13. The number of piperidine rings is 1. The predicted octanol–water partition coefficient (Wildman–Crippen LogP) is 2.32. The van der Waals surface area contributed by atoms with Gasteiger partial charge < -0.3 is 26.6 Å². The number of carbonyl (C=O) groups is 5. The fourth-order valence-corrected chi connectivity index (χ4v) is 9.06. The van der Waals surface area contributed by atoms with Crippen LogP contribution in [-0.2, 0) is 29.2 Å². The maximum Gasteiger partial charge on any atom is 0.315 e. The molecule has 2 heterocycles. The fourth-order valence-electron chi connectivity index (χ4n) is 6.64. The molecule has 264 valence electrons. The highest BCUT2D eigenvalue weighted by molar-refractivity contribution is 7.91. The van der Waals surface area contributed by atoms with E-state index >= 15 is 0 Å². The van der Waals surface area contributed by atoms with Gasteiger partial charge in [-0.15, -0.1) is 11.3 Å². The molecule has 1 aliphatic heterocycles. The Morgan fingerprint density at radius 1 is 1.09 bits per heavy atom. The minimum atomic E-state index is -3.76. The molecule has 3 rings (SSSR count). The number of nitrogens with one attached hydrogen (secondary N) is 3. The van der Waals surface area contributed by atoms with Gasteiger partial charge in [0, 0.05) is 26.2 Å². The molecule has 47 heavy (non-hydrogen) atoms. The quantitative estimate of drug-likeness (QED) is 0.228. The summed E-state index contributed by atoms with van der Waals surface area (Å²) >= 11 is 1.11. The van der Waals surface area contributed by atoms with Crippen LogP contribution in [0.2, 0.25) is 0 Å². The van der Waals surface area contributed by atoms with Crippen molar-refractivity contribution >= 4 is 50.9 Å². The lowest BCUT2D eigenvalue weighted by atomic mass is 9.85. The number of sulfonamides is 1. The third-order valence-electron chi connectivity index (χ3n) is 9.26. The van der Waals surface area contributed by atoms with Crippen LogP contribution in [0.25, 0.3) is 0 Å². The van der Waals surface area contributed by atoms with Gasteiger partial charge >= 0.3 is 6.03 Å². The van der Waals surface area contributed by atoms with Crippen molar-refractivity contribution in [1.82, 2.24) is 25.2 Å². The second-order valence-corrected chi connectivity index (χ2v) is 18.9. The van der Waals surface area contributed by atoms with Crippen LogP contribution >= 0.6 is 11.3 Å². The molecule has 2 aliphatic rings. The van der Waals surface area contributed by atoms with Crippen molar-refractivity contribution in [3.05, 3.63) is 17.5 Å². The Labute approximate surface area is 282 Å². The van der Waals surface area contributed by atoms with Crippen molar-refractivity contribution < 1.29 is 32.4 Å². The molecule has 1 saturated carbocycles. The summed E-state index contributed by atoms with van der Waals surface area (Å²) in [6.07, 6.45) is 0.603.